The lowest BCUT2D eigenvalue weighted by molar-refractivity contribution is 0.816. The number of hydrogen-bond acceptors (Lipinski definition) is 1. The predicted molar refractivity (Wildman–Crippen MR) is 80.0 cm³/mol. The summed E-state index contributed by atoms with van der Waals surface area (Å²) in [5.41, 5.74) is 4.00. The molecule has 0 aliphatic heterocycles. The molecule has 0 aliphatic carbocycles. The topological polar surface area (TPSA) is 12.0 Å². The quantitative estimate of drug-likeness (QED) is 0.625. The number of rotatable bonds is 4. The van der Waals surface area contributed by atoms with Crippen molar-refractivity contribution >= 4 is 0 Å². The predicted octanol–water partition coefficient (Wildman–Crippen LogP) is 3.89. The van der Waals surface area contributed by atoms with E-state index < -0.39 is 0 Å². The summed E-state index contributed by atoms with van der Waals surface area (Å²) in [6.45, 7) is 9.89. The van der Waals surface area contributed by atoms with Gasteiger partial charge in [0.05, 0.1) is 0 Å². The molecule has 0 heterocycles. The maximum Gasteiger partial charge on any atom is 0.0314 e. The molecular weight excluding hydrogens is 218 g/mol. The zero-order valence-electron chi connectivity index (χ0n) is 12.3. The number of benzene rings is 1. The van der Waals surface area contributed by atoms with E-state index in [-0.39, 0.29) is 0 Å². The molecule has 1 nitrogen and oxygen atoms in total. The fourth-order valence-corrected chi connectivity index (χ4v) is 2.03. The maximum absolute atomic E-state index is 3.39. The molecule has 1 aromatic rings. The second-order valence-corrected chi connectivity index (χ2v) is 5.28. The van der Waals surface area contributed by atoms with E-state index in [0.29, 0.717) is 11.8 Å². The Hall–Kier alpha value is -1.26. The molecule has 0 bridgehead atoms. The fraction of sp³-hybridized carbons (Fsp3) is 0.529. The van der Waals surface area contributed by atoms with Gasteiger partial charge in [0, 0.05) is 18.5 Å². The second-order valence-electron chi connectivity index (χ2n) is 5.28. The Balaban J connectivity index is 3.13. The van der Waals surface area contributed by atoms with Crippen LogP contribution in [0.25, 0.3) is 0 Å². The van der Waals surface area contributed by atoms with Crippen molar-refractivity contribution in [3.8, 4) is 11.8 Å². The molecule has 0 fully saturated rings. The summed E-state index contributed by atoms with van der Waals surface area (Å²) >= 11 is 0. The average molecular weight is 243 g/mol. The first-order valence-corrected chi connectivity index (χ1v) is 6.84. The molecule has 1 N–H and O–H groups in total. The minimum absolute atomic E-state index is 0.525. The average Bonchev–Trinajstić information content (AvgIpc) is 2.34. The molecule has 0 aliphatic rings. The summed E-state index contributed by atoms with van der Waals surface area (Å²) < 4.78 is 0. The summed E-state index contributed by atoms with van der Waals surface area (Å²) in [5.74, 6) is 7.72. The van der Waals surface area contributed by atoms with E-state index in [9.17, 15) is 0 Å². The highest BCUT2D eigenvalue weighted by Crippen LogP contribution is 2.26. The number of hydrogen-bond donors (Lipinski definition) is 1. The van der Waals surface area contributed by atoms with E-state index in [1.54, 1.807) is 0 Å². The van der Waals surface area contributed by atoms with Crippen molar-refractivity contribution in [1.82, 2.24) is 5.32 Å². The van der Waals surface area contributed by atoms with Crippen LogP contribution in [-0.2, 0) is 0 Å². The summed E-state index contributed by atoms with van der Waals surface area (Å²) in [4.78, 5) is 0. The Labute approximate surface area is 112 Å². The summed E-state index contributed by atoms with van der Waals surface area (Å²) in [7, 11) is 1.96. The van der Waals surface area contributed by atoms with Crippen molar-refractivity contribution in [2.24, 2.45) is 0 Å². The first-order chi connectivity index (χ1) is 8.57. The molecule has 1 rings (SSSR count). The summed E-state index contributed by atoms with van der Waals surface area (Å²) in [5, 5.41) is 3.13. The van der Waals surface area contributed by atoms with Crippen LogP contribution in [0.5, 0.6) is 0 Å². The van der Waals surface area contributed by atoms with Crippen LogP contribution in [0.2, 0.25) is 0 Å². The molecule has 0 radical (unpaired) electrons. The minimum atomic E-state index is 0.525. The Morgan fingerprint density at radius 3 is 2.06 bits per heavy atom. The SMILES string of the molecule is CNCCC#Cc1c(C(C)C)cccc1C(C)C. The van der Waals surface area contributed by atoms with Crippen molar-refractivity contribution < 1.29 is 0 Å². The van der Waals surface area contributed by atoms with Gasteiger partial charge in [-0.2, -0.15) is 0 Å². The van der Waals surface area contributed by atoms with Gasteiger partial charge in [0.15, 0.2) is 0 Å². The van der Waals surface area contributed by atoms with Crippen LogP contribution in [0.15, 0.2) is 18.2 Å². The zero-order valence-corrected chi connectivity index (χ0v) is 12.3. The number of nitrogens with one attached hydrogen (secondary N) is 1. The van der Waals surface area contributed by atoms with Gasteiger partial charge in [-0.1, -0.05) is 57.7 Å². The smallest absolute Gasteiger partial charge is 0.0314 e. The fourth-order valence-electron chi connectivity index (χ4n) is 2.03. The molecule has 0 aromatic heterocycles. The van der Waals surface area contributed by atoms with Gasteiger partial charge in [-0.15, -0.1) is 0 Å². The third kappa shape index (κ3) is 3.89. The van der Waals surface area contributed by atoms with E-state index in [1.807, 2.05) is 7.05 Å². The van der Waals surface area contributed by atoms with Crippen LogP contribution in [-0.4, -0.2) is 13.6 Å². The van der Waals surface area contributed by atoms with Gasteiger partial charge in [0.25, 0.3) is 0 Å². The standard InChI is InChI=1S/C17H25N/c1-13(2)15-10-8-11-16(14(3)4)17(15)9-6-7-12-18-5/h8,10-11,13-14,18H,7,12H2,1-5H3. The lowest BCUT2D eigenvalue weighted by atomic mass is 9.89. The van der Waals surface area contributed by atoms with Gasteiger partial charge in [-0.05, 0) is 30.0 Å². The van der Waals surface area contributed by atoms with Crippen LogP contribution >= 0.6 is 0 Å². The van der Waals surface area contributed by atoms with Gasteiger partial charge in [-0.25, -0.2) is 0 Å². The molecule has 0 spiro atoms. The van der Waals surface area contributed by atoms with Crippen LogP contribution in [0.3, 0.4) is 0 Å². The zero-order chi connectivity index (χ0) is 13.5. The van der Waals surface area contributed by atoms with Crippen LogP contribution < -0.4 is 5.32 Å². The Morgan fingerprint density at radius 1 is 1.06 bits per heavy atom. The Kier molecular flexibility index (Phi) is 5.95. The van der Waals surface area contributed by atoms with Gasteiger partial charge >= 0.3 is 0 Å². The molecule has 0 saturated carbocycles. The van der Waals surface area contributed by atoms with Crippen LogP contribution in [0.4, 0.5) is 0 Å². The van der Waals surface area contributed by atoms with Crippen LogP contribution in [0.1, 0.15) is 62.6 Å². The first kappa shape index (κ1) is 14.8. The van der Waals surface area contributed by atoms with E-state index in [2.05, 4.69) is 63.1 Å². The van der Waals surface area contributed by atoms with E-state index in [1.165, 1.54) is 16.7 Å². The van der Waals surface area contributed by atoms with Crippen molar-refractivity contribution in [3.63, 3.8) is 0 Å². The lowest BCUT2D eigenvalue weighted by Crippen LogP contribution is -2.06. The highest BCUT2D eigenvalue weighted by atomic mass is 14.8. The van der Waals surface area contributed by atoms with Crippen molar-refractivity contribution in [3.05, 3.63) is 34.9 Å². The van der Waals surface area contributed by atoms with E-state index in [0.717, 1.165) is 13.0 Å². The lowest BCUT2D eigenvalue weighted by Gasteiger charge is -2.15. The molecule has 0 atom stereocenters. The van der Waals surface area contributed by atoms with E-state index in [4.69, 9.17) is 0 Å². The third-order valence-corrected chi connectivity index (χ3v) is 3.09. The maximum atomic E-state index is 3.39. The van der Waals surface area contributed by atoms with Crippen LogP contribution in [0, 0.1) is 11.8 Å². The monoisotopic (exact) mass is 243 g/mol. The van der Waals surface area contributed by atoms with Gasteiger partial charge < -0.3 is 5.32 Å². The molecule has 1 heteroatoms. The van der Waals surface area contributed by atoms with Gasteiger partial charge in [-0.3, -0.25) is 0 Å². The third-order valence-electron chi connectivity index (χ3n) is 3.09. The first-order valence-electron chi connectivity index (χ1n) is 6.84. The van der Waals surface area contributed by atoms with Crippen molar-refractivity contribution in [2.75, 3.05) is 13.6 Å². The molecular formula is C17H25N. The van der Waals surface area contributed by atoms with Gasteiger partial charge in [0.2, 0.25) is 0 Å². The summed E-state index contributed by atoms with van der Waals surface area (Å²) in [6, 6.07) is 6.57. The summed E-state index contributed by atoms with van der Waals surface area (Å²) in [6.07, 6.45) is 0.903. The Morgan fingerprint density at radius 2 is 1.61 bits per heavy atom. The highest BCUT2D eigenvalue weighted by Gasteiger charge is 2.11. The normalized spacial score (nSPS) is 10.6. The molecule has 18 heavy (non-hydrogen) atoms. The second kappa shape index (κ2) is 7.24. The van der Waals surface area contributed by atoms with Gasteiger partial charge in [0.1, 0.15) is 0 Å². The molecule has 98 valence electrons. The van der Waals surface area contributed by atoms with E-state index >= 15 is 0 Å². The minimum Gasteiger partial charge on any atom is -0.319 e. The molecule has 0 unspecified atom stereocenters. The molecule has 0 amide bonds. The Bertz CT molecular complexity index is 406. The highest BCUT2D eigenvalue weighted by molar-refractivity contribution is 5.49. The molecule has 1 aromatic carbocycles. The van der Waals surface area contributed by atoms with Crippen molar-refractivity contribution in [2.45, 2.75) is 46.0 Å². The molecule has 0 saturated heterocycles. The van der Waals surface area contributed by atoms with Crippen molar-refractivity contribution in [1.29, 1.82) is 0 Å². The largest absolute Gasteiger partial charge is 0.319 e.